The highest BCUT2D eigenvalue weighted by atomic mass is 15.0. The number of nitrogens with zero attached hydrogens (tertiary/aromatic N) is 5. The topological polar surface area (TPSA) is 48.5 Å². The van der Waals surface area contributed by atoms with Crippen LogP contribution in [0, 0.1) is 0 Å². The molecule has 0 atom stereocenters. The maximum absolute atomic E-state index is 5.27. The summed E-state index contributed by atoms with van der Waals surface area (Å²) in [5, 5.41) is 7.33. The summed E-state index contributed by atoms with van der Waals surface area (Å²) < 4.78 is 4.82. The molecule has 3 heterocycles. The average Bonchev–Trinajstić information content (AvgIpc) is 3.93. The molecular formula is C58H39N5. The molecule has 3 aromatic heterocycles. The summed E-state index contributed by atoms with van der Waals surface area (Å²) >= 11 is 0. The van der Waals surface area contributed by atoms with Crippen molar-refractivity contribution in [1.29, 1.82) is 0 Å². The van der Waals surface area contributed by atoms with E-state index in [0.29, 0.717) is 17.5 Å². The standard InChI is InChI=1S/C58H39N5/c1-58(2)49-24-11-8-21-43(49)44-30-28-40(33-50(44)58)57-60-55(37-16-4-3-5-17-37)59-56(61-57)39-19-14-20-41(32-39)62-51-25-12-9-22-45(51)47-34-48-46-23-10-13-26-52(46)63(54(48)35-53(47)62)42-29-27-36-15-6-7-18-38(36)31-42/h3-35H,1-2H3. The number of aromatic nitrogens is 5. The Kier molecular flexibility index (Phi) is 7.58. The summed E-state index contributed by atoms with van der Waals surface area (Å²) in [6, 6.07) is 72.0. The van der Waals surface area contributed by atoms with Gasteiger partial charge in [0.05, 0.1) is 22.1 Å². The van der Waals surface area contributed by atoms with Crippen LogP contribution in [0.3, 0.4) is 0 Å². The van der Waals surface area contributed by atoms with E-state index < -0.39 is 0 Å². The van der Waals surface area contributed by atoms with Crippen molar-refractivity contribution in [3.63, 3.8) is 0 Å². The molecule has 12 aromatic rings. The van der Waals surface area contributed by atoms with Crippen molar-refractivity contribution >= 4 is 54.4 Å². The molecule has 0 unspecified atom stereocenters. The fourth-order valence-electron chi connectivity index (χ4n) is 10.3. The predicted octanol–water partition coefficient (Wildman–Crippen LogP) is 14.5. The van der Waals surface area contributed by atoms with Crippen LogP contribution in [0.2, 0.25) is 0 Å². The van der Waals surface area contributed by atoms with Crippen molar-refractivity contribution in [2.45, 2.75) is 19.3 Å². The van der Waals surface area contributed by atoms with Gasteiger partial charge in [-0.15, -0.1) is 0 Å². The molecule has 296 valence electrons. The average molecular weight is 806 g/mol. The molecule has 5 nitrogen and oxygen atoms in total. The monoisotopic (exact) mass is 805 g/mol. The normalized spacial score (nSPS) is 13.0. The summed E-state index contributed by atoms with van der Waals surface area (Å²) in [6.45, 7) is 4.62. The smallest absolute Gasteiger partial charge is 0.164 e. The zero-order valence-corrected chi connectivity index (χ0v) is 34.8. The van der Waals surface area contributed by atoms with Crippen LogP contribution >= 0.6 is 0 Å². The molecule has 0 bridgehead atoms. The van der Waals surface area contributed by atoms with E-state index in [9.17, 15) is 0 Å². The third kappa shape index (κ3) is 5.39. The fraction of sp³-hybridized carbons (Fsp3) is 0.0517. The third-order valence-corrected chi connectivity index (χ3v) is 13.3. The first-order valence-electron chi connectivity index (χ1n) is 21.6. The molecule has 0 spiro atoms. The molecule has 5 heteroatoms. The predicted molar refractivity (Wildman–Crippen MR) is 260 cm³/mol. The van der Waals surface area contributed by atoms with Crippen LogP contribution < -0.4 is 0 Å². The Morgan fingerprint density at radius 1 is 0.333 bits per heavy atom. The Labute approximate surface area is 364 Å². The minimum Gasteiger partial charge on any atom is -0.309 e. The zero-order valence-electron chi connectivity index (χ0n) is 34.8. The quantitative estimate of drug-likeness (QED) is 0.174. The van der Waals surface area contributed by atoms with Crippen molar-refractivity contribution < 1.29 is 0 Å². The number of rotatable bonds is 5. The lowest BCUT2D eigenvalue weighted by Crippen LogP contribution is -2.15. The van der Waals surface area contributed by atoms with Gasteiger partial charge in [-0.3, -0.25) is 0 Å². The largest absolute Gasteiger partial charge is 0.309 e. The van der Waals surface area contributed by atoms with E-state index in [1.165, 1.54) is 60.1 Å². The molecule has 13 rings (SSSR count). The molecule has 0 saturated carbocycles. The van der Waals surface area contributed by atoms with Crippen molar-refractivity contribution in [2.75, 3.05) is 0 Å². The Morgan fingerprint density at radius 3 is 1.62 bits per heavy atom. The number of hydrogen-bond donors (Lipinski definition) is 0. The van der Waals surface area contributed by atoms with Crippen molar-refractivity contribution in [3.8, 4) is 56.7 Å². The molecule has 0 N–H and O–H groups in total. The van der Waals surface area contributed by atoms with Gasteiger partial charge in [0.15, 0.2) is 17.5 Å². The second kappa shape index (κ2) is 13.4. The lowest BCUT2D eigenvalue weighted by molar-refractivity contribution is 0.660. The van der Waals surface area contributed by atoms with E-state index in [1.54, 1.807) is 0 Å². The van der Waals surface area contributed by atoms with Gasteiger partial charge in [0.2, 0.25) is 0 Å². The van der Waals surface area contributed by atoms with Gasteiger partial charge in [-0.25, -0.2) is 15.0 Å². The molecule has 1 aliphatic carbocycles. The van der Waals surface area contributed by atoms with E-state index in [0.717, 1.165) is 44.6 Å². The van der Waals surface area contributed by atoms with Crippen LogP contribution in [-0.4, -0.2) is 24.1 Å². The van der Waals surface area contributed by atoms with Gasteiger partial charge in [-0.1, -0.05) is 159 Å². The summed E-state index contributed by atoms with van der Waals surface area (Å²) in [7, 11) is 0. The third-order valence-electron chi connectivity index (χ3n) is 13.3. The van der Waals surface area contributed by atoms with E-state index in [4.69, 9.17) is 15.0 Å². The molecule has 0 aliphatic heterocycles. The van der Waals surface area contributed by atoms with E-state index >= 15 is 0 Å². The summed E-state index contributed by atoms with van der Waals surface area (Å²) in [5.74, 6) is 1.92. The molecule has 9 aromatic carbocycles. The molecule has 0 amide bonds. The first kappa shape index (κ1) is 35.6. The minimum absolute atomic E-state index is 0.147. The summed E-state index contributed by atoms with van der Waals surface area (Å²) in [6.07, 6.45) is 0. The fourth-order valence-corrected chi connectivity index (χ4v) is 10.3. The SMILES string of the molecule is CC1(C)c2ccccc2-c2ccc(-c3nc(-c4ccccc4)nc(-c4cccc(-n5c6ccccc6c6cc7c8ccccc8n(-c8ccc9ccccc9c8)c7cc65)c4)n3)cc21. The molecule has 0 saturated heterocycles. The van der Waals surface area contributed by atoms with E-state index in [2.05, 4.69) is 205 Å². The molecule has 0 radical (unpaired) electrons. The highest BCUT2D eigenvalue weighted by Gasteiger charge is 2.35. The Morgan fingerprint density at radius 2 is 0.889 bits per heavy atom. The Balaban J connectivity index is 1.01. The molecule has 63 heavy (non-hydrogen) atoms. The number of benzene rings is 9. The van der Waals surface area contributed by atoms with Crippen molar-refractivity contribution in [2.24, 2.45) is 0 Å². The second-order valence-corrected chi connectivity index (χ2v) is 17.3. The number of para-hydroxylation sites is 2. The second-order valence-electron chi connectivity index (χ2n) is 17.3. The van der Waals surface area contributed by atoms with E-state index in [1.807, 2.05) is 18.2 Å². The lowest BCUT2D eigenvalue weighted by atomic mass is 9.82. The van der Waals surface area contributed by atoms with Gasteiger partial charge in [0, 0.05) is 55.0 Å². The Hall–Kier alpha value is -8.15. The van der Waals surface area contributed by atoms with Crippen LogP contribution in [0.1, 0.15) is 25.0 Å². The first-order chi connectivity index (χ1) is 31.0. The van der Waals surface area contributed by atoms with Crippen LogP contribution in [0.15, 0.2) is 200 Å². The van der Waals surface area contributed by atoms with Crippen LogP contribution in [0.4, 0.5) is 0 Å². The number of fused-ring (bicyclic) bond motifs is 10. The van der Waals surface area contributed by atoms with Crippen LogP contribution in [0.5, 0.6) is 0 Å². The highest BCUT2D eigenvalue weighted by molar-refractivity contribution is 6.19. The van der Waals surface area contributed by atoms with Gasteiger partial charge < -0.3 is 9.13 Å². The van der Waals surface area contributed by atoms with Gasteiger partial charge in [-0.05, 0) is 87.6 Å². The minimum atomic E-state index is -0.147. The van der Waals surface area contributed by atoms with Gasteiger partial charge in [-0.2, -0.15) is 0 Å². The van der Waals surface area contributed by atoms with Crippen LogP contribution in [0.25, 0.3) is 111 Å². The number of hydrogen-bond acceptors (Lipinski definition) is 3. The van der Waals surface area contributed by atoms with E-state index in [-0.39, 0.29) is 5.41 Å². The van der Waals surface area contributed by atoms with Gasteiger partial charge in [0.25, 0.3) is 0 Å². The molecule has 0 fully saturated rings. The maximum atomic E-state index is 5.27. The molecular weight excluding hydrogens is 767 g/mol. The van der Waals surface area contributed by atoms with Crippen LogP contribution in [-0.2, 0) is 5.41 Å². The maximum Gasteiger partial charge on any atom is 0.164 e. The summed E-state index contributed by atoms with van der Waals surface area (Å²) in [5.41, 5.74) is 14.7. The Bertz CT molecular complexity index is 3830. The first-order valence-corrected chi connectivity index (χ1v) is 21.6. The highest BCUT2D eigenvalue weighted by Crippen LogP contribution is 2.49. The van der Waals surface area contributed by atoms with Crippen molar-refractivity contribution in [3.05, 3.63) is 211 Å². The summed E-state index contributed by atoms with van der Waals surface area (Å²) in [4.78, 5) is 15.6. The zero-order chi connectivity index (χ0) is 41.8. The molecule has 1 aliphatic rings. The lowest BCUT2D eigenvalue weighted by Gasteiger charge is -2.21. The van der Waals surface area contributed by atoms with Crippen molar-refractivity contribution in [1.82, 2.24) is 24.1 Å². The van der Waals surface area contributed by atoms with Gasteiger partial charge >= 0.3 is 0 Å². The van der Waals surface area contributed by atoms with Gasteiger partial charge in [0.1, 0.15) is 0 Å².